The van der Waals surface area contributed by atoms with Crippen LogP contribution in [0.15, 0.2) is 22.9 Å². The van der Waals surface area contributed by atoms with Crippen molar-refractivity contribution < 1.29 is 4.79 Å². The lowest BCUT2D eigenvalue weighted by molar-refractivity contribution is 0.0607. The van der Waals surface area contributed by atoms with Gasteiger partial charge in [0, 0.05) is 36.0 Å². The van der Waals surface area contributed by atoms with Crippen molar-refractivity contribution in [2.45, 2.75) is 6.04 Å². The average molecular weight is 256 g/mol. The summed E-state index contributed by atoms with van der Waals surface area (Å²) < 4.78 is 0.813. The Morgan fingerprint density at radius 2 is 2.29 bits per heavy atom. The highest BCUT2D eigenvalue weighted by atomic mass is 79.9. The van der Waals surface area contributed by atoms with Gasteiger partial charge in [0.15, 0.2) is 0 Å². The Bertz CT molecular complexity index is 363. The molecule has 14 heavy (non-hydrogen) atoms. The fraction of sp³-hybridized carbons (Fsp3) is 0.333. The van der Waals surface area contributed by atoms with Gasteiger partial charge < -0.3 is 10.6 Å². The second-order valence-corrected chi connectivity index (χ2v) is 4.28. The molecule has 1 aromatic heterocycles. The molecule has 2 rings (SSSR count). The standard InChI is InChI=1S/C9H10BrN3O/c10-7-1-6(2-12-3-7)9(14)13-4-8(11)5-13/h1-3,8H,4-5,11H2. The summed E-state index contributed by atoms with van der Waals surface area (Å²) in [6.45, 7) is 1.29. The van der Waals surface area contributed by atoms with Crippen LogP contribution in [0.5, 0.6) is 0 Å². The zero-order valence-electron chi connectivity index (χ0n) is 7.48. The zero-order chi connectivity index (χ0) is 10.1. The van der Waals surface area contributed by atoms with Crippen LogP contribution in [-0.2, 0) is 0 Å². The number of nitrogens with zero attached hydrogens (tertiary/aromatic N) is 2. The molecule has 0 unspecified atom stereocenters. The van der Waals surface area contributed by atoms with Crippen LogP contribution in [0.2, 0.25) is 0 Å². The van der Waals surface area contributed by atoms with Crippen LogP contribution in [-0.4, -0.2) is 34.9 Å². The Morgan fingerprint density at radius 3 is 2.86 bits per heavy atom. The van der Waals surface area contributed by atoms with Crippen LogP contribution in [0, 0.1) is 0 Å². The highest BCUT2D eigenvalue weighted by molar-refractivity contribution is 9.10. The fourth-order valence-corrected chi connectivity index (χ4v) is 1.75. The highest BCUT2D eigenvalue weighted by Gasteiger charge is 2.28. The van der Waals surface area contributed by atoms with Crippen molar-refractivity contribution in [1.82, 2.24) is 9.88 Å². The molecule has 0 bridgehead atoms. The van der Waals surface area contributed by atoms with Crippen LogP contribution in [0.4, 0.5) is 0 Å². The van der Waals surface area contributed by atoms with Gasteiger partial charge in [-0.05, 0) is 22.0 Å². The molecule has 1 aromatic rings. The summed E-state index contributed by atoms with van der Waals surface area (Å²) in [5.41, 5.74) is 6.20. The second-order valence-electron chi connectivity index (χ2n) is 3.36. The van der Waals surface area contributed by atoms with Crippen LogP contribution in [0.25, 0.3) is 0 Å². The summed E-state index contributed by atoms with van der Waals surface area (Å²) in [4.78, 5) is 17.4. The SMILES string of the molecule is NC1CN(C(=O)c2cncc(Br)c2)C1. The molecule has 1 aliphatic heterocycles. The Kier molecular flexibility index (Phi) is 2.52. The van der Waals surface area contributed by atoms with Crippen LogP contribution < -0.4 is 5.73 Å². The molecule has 1 aliphatic rings. The molecule has 1 fully saturated rings. The van der Waals surface area contributed by atoms with E-state index in [1.807, 2.05) is 0 Å². The van der Waals surface area contributed by atoms with Gasteiger partial charge in [-0.3, -0.25) is 9.78 Å². The molecule has 0 spiro atoms. The Morgan fingerprint density at radius 1 is 1.57 bits per heavy atom. The van der Waals surface area contributed by atoms with Crippen LogP contribution >= 0.6 is 15.9 Å². The van der Waals surface area contributed by atoms with E-state index in [-0.39, 0.29) is 11.9 Å². The number of hydrogen-bond donors (Lipinski definition) is 1. The first-order chi connectivity index (χ1) is 6.66. The Labute approximate surface area is 90.2 Å². The summed E-state index contributed by atoms with van der Waals surface area (Å²) in [5, 5.41) is 0. The Balaban J connectivity index is 2.12. The number of nitrogens with two attached hydrogens (primary N) is 1. The molecular formula is C9H10BrN3O. The Hall–Kier alpha value is -0.940. The number of hydrogen-bond acceptors (Lipinski definition) is 3. The first-order valence-electron chi connectivity index (χ1n) is 4.32. The summed E-state index contributed by atoms with van der Waals surface area (Å²) in [6.07, 6.45) is 3.22. The first-order valence-corrected chi connectivity index (χ1v) is 5.11. The summed E-state index contributed by atoms with van der Waals surface area (Å²) in [7, 11) is 0. The van der Waals surface area contributed by atoms with E-state index < -0.39 is 0 Å². The third-order valence-corrected chi connectivity index (χ3v) is 2.58. The van der Waals surface area contributed by atoms with Gasteiger partial charge >= 0.3 is 0 Å². The largest absolute Gasteiger partial charge is 0.335 e. The molecule has 1 amide bonds. The van der Waals surface area contributed by atoms with E-state index in [2.05, 4.69) is 20.9 Å². The number of carbonyl (C=O) groups is 1. The second kappa shape index (κ2) is 3.67. The van der Waals surface area contributed by atoms with Crippen molar-refractivity contribution in [3.8, 4) is 0 Å². The van der Waals surface area contributed by atoms with Gasteiger partial charge in [-0.15, -0.1) is 0 Å². The maximum Gasteiger partial charge on any atom is 0.255 e. The normalized spacial score (nSPS) is 16.6. The minimum absolute atomic E-state index is 0.000463. The summed E-state index contributed by atoms with van der Waals surface area (Å²) in [6, 6.07) is 1.90. The highest BCUT2D eigenvalue weighted by Crippen LogP contribution is 2.14. The number of amides is 1. The monoisotopic (exact) mass is 255 g/mol. The van der Waals surface area contributed by atoms with Crippen molar-refractivity contribution in [2.75, 3.05) is 13.1 Å². The summed E-state index contributed by atoms with van der Waals surface area (Å²) >= 11 is 3.27. The van der Waals surface area contributed by atoms with Crippen molar-refractivity contribution in [1.29, 1.82) is 0 Å². The third-order valence-electron chi connectivity index (χ3n) is 2.15. The molecule has 0 aromatic carbocycles. The van der Waals surface area contributed by atoms with Gasteiger partial charge in [0.1, 0.15) is 0 Å². The molecule has 0 aliphatic carbocycles. The van der Waals surface area contributed by atoms with E-state index in [1.165, 1.54) is 0 Å². The molecule has 0 saturated carbocycles. The topological polar surface area (TPSA) is 59.2 Å². The van der Waals surface area contributed by atoms with Crippen molar-refractivity contribution >= 4 is 21.8 Å². The van der Waals surface area contributed by atoms with Gasteiger partial charge in [0.05, 0.1) is 5.56 Å². The van der Waals surface area contributed by atoms with Gasteiger partial charge in [-0.25, -0.2) is 0 Å². The van der Waals surface area contributed by atoms with Crippen LogP contribution in [0.1, 0.15) is 10.4 Å². The maximum absolute atomic E-state index is 11.7. The predicted octanol–water partition coefficient (Wildman–Crippen LogP) is 0.627. The number of rotatable bonds is 1. The third kappa shape index (κ3) is 1.78. The lowest BCUT2D eigenvalue weighted by Gasteiger charge is -2.36. The van der Waals surface area contributed by atoms with E-state index in [1.54, 1.807) is 23.4 Å². The summed E-state index contributed by atoms with van der Waals surface area (Å²) in [5.74, 6) is 0.000463. The molecule has 0 radical (unpaired) electrons. The van der Waals surface area contributed by atoms with Gasteiger partial charge in [0.25, 0.3) is 5.91 Å². The molecule has 2 N–H and O–H groups in total. The molecule has 5 heteroatoms. The fourth-order valence-electron chi connectivity index (χ4n) is 1.39. The number of aromatic nitrogens is 1. The first kappa shape index (κ1) is 9.61. The number of halogens is 1. The molecule has 1 saturated heterocycles. The van der Waals surface area contributed by atoms with E-state index in [0.717, 1.165) is 4.47 Å². The molecule has 4 nitrogen and oxygen atoms in total. The smallest absolute Gasteiger partial charge is 0.255 e. The van der Waals surface area contributed by atoms with Gasteiger partial charge in [-0.1, -0.05) is 0 Å². The van der Waals surface area contributed by atoms with Crippen molar-refractivity contribution in [3.05, 3.63) is 28.5 Å². The van der Waals surface area contributed by atoms with Crippen molar-refractivity contribution in [2.24, 2.45) is 5.73 Å². The average Bonchev–Trinajstić information content (AvgIpc) is 2.12. The quantitative estimate of drug-likeness (QED) is 0.801. The molecular weight excluding hydrogens is 246 g/mol. The number of pyridine rings is 1. The minimum atomic E-state index is 0.000463. The van der Waals surface area contributed by atoms with Gasteiger partial charge in [-0.2, -0.15) is 0 Å². The van der Waals surface area contributed by atoms with Gasteiger partial charge in [0.2, 0.25) is 0 Å². The lowest BCUT2D eigenvalue weighted by Crippen LogP contribution is -2.57. The van der Waals surface area contributed by atoms with E-state index in [9.17, 15) is 4.79 Å². The zero-order valence-corrected chi connectivity index (χ0v) is 9.07. The van der Waals surface area contributed by atoms with Crippen molar-refractivity contribution in [3.63, 3.8) is 0 Å². The van der Waals surface area contributed by atoms with E-state index in [4.69, 9.17) is 5.73 Å². The predicted molar refractivity (Wildman–Crippen MR) is 55.8 cm³/mol. The van der Waals surface area contributed by atoms with E-state index in [0.29, 0.717) is 18.7 Å². The van der Waals surface area contributed by atoms with E-state index >= 15 is 0 Å². The lowest BCUT2D eigenvalue weighted by atomic mass is 10.1. The molecule has 0 atom stereocenters. The minimum Gasteiger partial charge on any atom is -0.335 e. The molecule has 2 heterocycles. The number of carbonyl (C=O) groups excluding carboxylic acids is 1. The number of likely N-dealkylation sites (tertiary alicyclic amines) is 1. The maximum atomic E-state index is 11.7. The van der Waals surface area contributed by atoms with Crippen LogP contribution in [0.3, 0.4) is 0 Å². The molecule has 74 valence electrons.